The summed E-state index contributed by atoms with van der Waals surface area (Å²) < 4.78 is 28.2. The molecule has 150 valence electrons. The lowest BCUT2D eigenvalue weighted by atomic mass is 9.84. The lowest BCUT2D eigenvalue weighted by molar-refractivity contribution is -0.134. The van der Waals surface area contributed by atoms with Crippen LogP contribution in [0, 0.1) is 11.8 Å². The van der Waals surface area contributed by atoms with Gasteiger partial charge in [-0.25, -0.2) is 13.5 Å². The number of alkyl halides is 2. The third-order valence-corrected chi connectivity index (χ3v) is 6.64. The summed E-state index contributed by atoms with van der Waals surface area (Å²) in [6, 6.07) is -0.948. The molecule has 2 aliphatic heterocycles. The second-order valence-corrected chi connectivity index (χ2v) is 8.34. The fraction of sp³-hybridized carbons (Fsp3) is 0.842. The summed E-state index contributed by atoms with van der Waals surface area (Å²) in [7, 11) is 0. The molecule has 1 N–H and O–H groups in total. The van der Waals surface area contributed by atoms with Gasteiger partial charge in [0, 0.05) is 25.6 Å². The highest BCUT2D eigenvalue weighted by atomic mass is 19.3. The van der Waals surface area contributed by atoms with E-state index in [4.69, 9.17) is 0 Å². The number of carbonyl (C=O) groups is 1. The van der Waals surface area contributed by atoms with Gasteiger partial charge in [0.05, 0.1) is 0 Å². The molecule has 1 saturated carbocycles. The van der Waals surface area contributed by atoms with E-state index in [1.165, 1.54) is 43.1 Å². The number of piperidine rings is 1. The Morgan fingerprint density at radius 1 is 1.19 bits per heavy atom. The van der Waals surface area contributed by atoms with E-state index < -0.39 is 12.5 Å². The van der Waals surface area contributed by atoms with Crippen LogP contribution in [-0.4, -0.2) is 51.1 Å². The molecule has 0 bridgehead atoms. The van der Waals surface area contributed by atoms with Gasteiger partial charge in [0.25, 0.3) is 6.43 Å². The first kappa shape index (κ1) is 18.6. The van der Waals surface area contributed by atoms with Gasteiger partial charge in [0.2, 0.25) is 11.9 Å². The number of hydrogen-bond donors (Lipinski definition) is 1. The molecule has 1 amide bonds. The molecule has 0 aromatic carbocycles. The van der Waals surface area contributed by atoms with Gasteiger partial charge in [-0.15, -0.1) is 0 Å². The van der Waals surface area contributed by atoms with Crippen LogP contribution in [0.25, 0.3) is 0 Å². The van der Waals surface area contributed by atoms with Crippen molar-refractivity contribution in [2.75, 3.05) is 18.4 Å². The Morgan fingerprint density at radius 3 is 2.63 bits per heavy atom. The molecule has 3 heterocycles. The maximum Gasteiger partial charge on any atom is 0.260 e. The molecule has 2 atom stereocenters. The Bertz CT molecular complexity index is 638. The normalized spacial score (nSPS) is 27.4. The number of hydrogen-bond acceptors (Lipinski definition) is 4. The minimum Gasteiger partial charge on any atom is -0.351 e. The summed E-state index contributed by atoms with van der Waals surface area (Å²) >= 11 is 0. The Morgan fingerprint density at radius 2 is 1.93 bits per heavy atom. The summed E-state index contributed by atoms with van der Waals surface area (Å²) in [4.78, 5) is 18.7. The fourth-order valence-corrected chi connectivity index (χ4v) is 5.02. The smallest absolute Gasteiger partial charge is 0.260 e. The van der Waals surface area contributed by atoms with Gasteiger partial charge in [-0.3, -0.25) is 4.79 Å². The van der Waals surface area contributed by atoms with Crippen molar-refractivity contribution in [3.8, 4) is 0 Å². The number of likely N-dealkylation sites (tertiary alicyclic amines) is 1. The predicted molar refractivity (Wildman–Crippen MR) is 97.6 cm³/mol. The maximum absolute atomic E-state index is 13.4. The lowest BCUT2D eigenvalue weighted by Gasteiger charge is -2.40. The first-order valence-corrected chi connectivity index (χ1v) is 10.3. The minimum absolute atomic E-state index is 0.0312. The summed E-state index contributed by atoms with van der Waals surface area (Å²) in [6.07, 6.45) is 7.81. The molecule has 1 aromatic heterocycles. The first-order chi connectivity index (χ1) is 13.1. The van der Waals surface area contributed by atoms with Gasteiger partial charge >= 0.3 is 0 Å². The van der Waals surface area contributed by atoms with E-state index in [0.29, 0.717) is 24.7 Å². The van der Waals surface area contributed by atoms with Gasteiger partial charge in [-0.05, 0) is 43.9 Å². The number of halogens is 2. The highest BCUT2D eigenvalue weighted by molar-refractivity contribution is 5.76. The maximum atomic E-state index is 13.4. The number of fused-ring (bicyclic) bond motifs is 1. The van der Waals surface area contributed by atoms with Gasteiger partial charge in [0.1, 0.15) is 12.4 Å². The average Bonchev–Trinajstić information content (AvgIpc) is 3.16. The van der Waals surface area contributed by atoms with Crippen LogP contribution in [0.2, 0.25) is 0 Å². The predicted octanol–water partition coefficient (Wildman–Crippen LogP) is 3.48. The number of nitrogens with one attached hydrogen (secondary N) is 1. The van der Waals surface area contributed by atoms with Gasteiger partial charge < -0.3 is 10.2 Å². The monoisotopic (exact) mass is 381 g/mol. The van der Waals surface area contributed by atoms with Crippen LogP contribution in [-0.2, 0) is 4.79 Å². The number of carbonyl (C=O) groups excluding carboxylic acids is 1. The standard InChI is InChI=1S/C19H29F2N5O/c20-18(21)16-11-15(24-19-22-12-23-26(16)19)14-6-8-25(9-7-14)17(27)10-13-4-2-1-3-5-13/h12-16,18H,1-11H2,(H,22,23,24)/t15-,16+/m0/s1. The van der Waals surface area contributed by atoms with E-state index in [1.54, 1.807) is 0 Å². The lowest BCUT2D eigenvalue weighted by Crippen LogP contribution is -2.46. The molecule has 1 aliphatic carbocycles. The van der Waals surface area contributed by atoms with Crippen molar-refractivity contribution in [2.24, 2.45) is 11.8 Å². The van der Waals surface area contributed by atoms with Crippen LogP contribution in [0.1, 0.15) is 63.8 Å². The number of anilines is 1. The molecule has 4 rings (SSSR count). The van der Waals surface area contributed by atoms with E-state index in [2.05, 4.69) is 15.4 Å². The van der Waals surface area contributed by atoms with Crippen LogP contribution in [0.3, 0.4) is 0 Å². The van der Waals surface area contributed by atoms with Crippen LogP contribution in [0.5, 0.6) is 0 Å². The topological polar surface area (TPSA) is 63.1 Å². The van der Waals surface area contributed by atoms with Crippen molar-refractivity contribution in [1.82, 2.24) is 19.7 Å². The highest BCUT2D eigenvalue weighted by Crippen LogP contribution is 2.36. The molecular weight excluding hydrogens is 352 g/mol. The largest absolute Gasteiger partial charge is 0.351 e. The second kappa shape index (κ2) is 8.10. The van der Waals surface area contributed by atoms with Crippen molar-refractivity contribution in [3.63, 3.8) is 0 Å². The zero-order valence-corrected chi connectivity index (χ0v) is 15.7. The number of amides is 1. The molecule has 8 heteroatoms. The Hall–Kier alpha value is -1.73. The van der Waals surface area contributed by atoms with Gasteiger partial charge in [0.15, 0.2) is 0 Å². The highest BCUT2D eigenvalue weighted by Gasteiger charge is 2.38. The summed E-state index contributed by atoms with van der Waals surface area (Å²) in [5.41, 5.74) is 0. The van der Waals surface area contributed by atoms with Gasteiger partial charge in [-0.1, -0.05) is 19.3 Å². The molecule has 1 saturated heterocycles. The summed E-state index contributed by atoms with van der Waals surface area (Å²) in [6.45, 7) is 1.47. The number of nitrogens with zero attached hydrogens (tertiary/aromatic N) is 4. The zero-order chi connectivity index (χ0) is 18.8. The SMILES string of the molecule is O=C(CC1CCCCC1)N1CCC([C@@H]2C[C@H](C(F)F)n3ncnc3N2)CC1. The van der Waals surface area contributed by atoms with E-state index in [0.717, 1.165) is 25.9 Å². The van der Waals surface area contributed by atoms with E-state index >= 15 is 0 Å². The Balaban J connectivity index is 1.31. The molecule has 3 aliphatic rings. The Labute approximate surface area is 158 Å². The van der Waals surface area contributed by atoms with E-state index in [1.807, 2.05) is 4.90 Å². The second-order valence-electron chi connectivity index (χ2n) is 8.34. The van der Waals surface area contributed by atoms with E-state index in [-0.39, 0.29) is 17.9 Å². The number of aromatic nitrogens is 3. The van der Waals surface area contributed by atoms with Crippen LogP contribution in [0.4, 0.5) is 14.7 Å². The minimum atomic E-state index is -2.45. The van der Waals surface area contributed by atoms with E-state index in [9.17, 15) is 13.6 Å². The third-order valence-electron chi connectivity index (χ3n) is 6.64. The molecule has 6 nitrogen and oxygen atoms in total. The van der Waals surface area contributed by atoms with Crippen molar-refractivity contribution in [2.45, 2.75) is 76.3 Å². The van der Waals surface area contributed by atoms with Crippen molar-refractivity contribution in [3.05, 3.63) is 6.33 Å². The zero-order valence-electron chi connectivity index (χ0n) is 15.7. The molecule has 1 aromatic rings. The number of rotatable bonds is 4. The summed E-state index contributed by atoms with van der Waals surface area (Å²) in [5, 5.41) is 7.23. The fourth-order valence-electron chi connectivity index (χ4n) is 5.02. The third kappa shape index (κ3) is 4.09. The first-order valence-electron chi connectivity index (χ1n) is 10.3. The quantitative estimate of drug-likeness (QED) is 0.867. The van der Waals surface area contributed by atoms with Gasteiger partial charge in [-0.2, -0.15) is 10.1 Å². The van der Waals surface area contributed by atoms with Crippen molar-refractivity contribution < 1.29 is 13.6 Å². The average molecular weight is 381 g/mol. The molecular formula is C19H29F2N5O. The summed E-state index contributed by atoms with van der Waals surface area (Å²) in [5.74, 6) is 1.56. The van der Waals surface area contributed by atoms with Crippen LogP contribution in [0.15, 0.2) is 6.33 Å². The molecule has 0 unspecified atom stereocenters. The van der Waals surface area contributed by atoms with Crippen LogP contribution >= 0.6 is 0 Å². The van der Waals surface area contributed by atoms with Crippen molar-refractivity contribution >= 4 is 11.9 Å². The molecule has 0 radical (unpaired) electrons. The van der Waals surface area contributed by atoms with Crippen LogP contribution < -0.4 is 5.32 Å². The molecule has 27 heavy (non-hydrogen) atoms. The Kier molecular flexibility index (Phi) is 5.59. The molecule has 2 fully saturated rings. The van der Waals surface area contributed by atoms with Crippen molar-refractivity contribution in [1.29, 1.82) is 0 Å². The molecule has 0 spiro atoms.